The smallest absolute Gasteiger partial charge is 0.257 e. The first-order valence-electron chi connectivity index (χ1n) is 8.06. The average Bonchev–Trinajstić information content (AvgIpc) is 3.10. The van der Waals surface area contributed by atoms with Crippen LogP contribution in [0.25, 0.3) is 10.6 Å². The monoisotopic (exact) mass is 371 g/mol. The van der Waals surface area contributed by atoms with Crippen molar-refractivity contribution in [1.29, 1.82) is 0 Å². The molecule has 2 aromatic carbocycles. The van der Waals surface area contributed by atoms with Crippen LogP contribution in [0.4, 0.5) is 9.52 Å². The van der Waals surface area contributed by atoms with Gasteiger partial charge in [0.15, 0.2) is 11.6 Å². The highest BCUT2D eigenvalue weighted by Crippen LogP contribution is 2.28. The van der Waals surface area contributed by atoms with Gasteiger partial charge in [0.05, 0.1) is 7.11 Å². The number of amides is 1. The average molecular weight is 371 g/mol. The topological polar surface area (TPSA) is 64.1 Å². The number of hydrogen-bond acceptors (Lipinski definition) is 5. The van der Waals surface area contributed by atoms with E-state index in [2.05, 4.69) is 41.5 Å². The molecular formula is C19H18FN3O2S. The molecule has 1 N–H and O–H groups in total. The molecule has 0 aliphatic rings. The van der Waals surface area contributed by atoms with Gasteiger partial charge in [-0.3, -0.25) is 10.1 Å². The predicted molar refractivity (Wildman–Crippen MR) is 100 cm³/mol. The second kappa shape index (κ2) is 7.61. The third-order valence-electron chi connectivity index (χ3n) is 3.88. The summed E-state index contributed by atoms with van der Waals surface area (Å²) >= 11 is 1.26. The molecule has 26 heavy (non-hydrogen) atoms. The van der Waals surface area contributed by atoms with Gasteiger partial charge >= 0.3 is 0 Å². The molecule has 0 radical (unpaired) electrons. The number of halogens is 1. The third kappa shape index (κ3) is 3.88. The minimum Gasteiger partial charge on any atom is -0.494 e. The van der Waals surface area contributed by atoms with Crippen LogP contribution in [0.1, 0.15) is 35.7 Å². The maximum atomic E-state index is 13.7. The number of nitrogens with zero attached hydrogens (tertiary/aromatic N) is 2. The maximum absolute atomic E-state index is 13.7. The van der Waals surface area contributed by atoms with Gasteiger partial charge in [0.25, 0.3) is 5.91 Å². The molecule has 0 aliphatic carbocycles. The fourth-order valence-electron chi connectivity index (χ4n) is 2.38. The van der Waals surface area contributed by atoms with E-state index < -0.39 is 11.7 Å². The maximum Gasteiger partial charge on any atom is 0.257 e. The van der Waals surface area contributed by atoms with Crippen LogP contribution in [0.2, 0.25) is 0 Å². The van der Waals surface area contributed by atoms with E-state index in [0.29, 0.717) is 16.1 Å². The van der Waals surface area contributed by atoms with E-state index in [1.54, 1.807) is 0 Å². The Hall–Kier alpha value is -2.80. The Morgan fingerprint density at radius 1 is 1.15 bits per heavy atom. The molecule has 1 aromatic heterocycles. The van der Waals surface area contributed by atoms with Crippen LogP contribution in [0, 0.1) is 5.82 Å². The van der Waals surface area contributed by atoms with Gasteiger partial charge in [-0.2, -0.15) is 0 Å². The fourth-order valence-corrected chi connectivity index (χ4v) is 3.12. The van der Waals surface area contributed by atoms with E-state index in [-0.39, 0.29) is 11.3 Å². The first-order valence-corrected chi connectivity index (χ1v) is 8.88. The summed E-state index contributed by atoms with van der Waals surface area (Å²) in [6.07, 6.45) is 0. The summed E-state index contributed by atoms with van der Waals surface area (Å²) in [5.74, 6) is -0.504. The summed E-state index contributed by atoms with van der Waals surface area (Å²) in [4.78, 5) is 12.3. The number of anilines is 1. The van der Waals surface area contributed by atoms with Crippen molar-refractivity contribution in [2.24, 2.45) is 0 Å². The van der Waals surface area contributed by atoms with Gasteiger partial charge in [0.1, 0.15) is 5.01 Å². The second-order valence-corrected chi connectivity index (χ2v) is 6.97. The molecule has 0 saturated heterocycles. The summed E-state index contributed by atoms with van der Waals surface area (Å²) in [6, 6.07) is 12.1. The van der Waals surface area contributed by atoms with E-state index in [1.807, 2.05) is 12.1 Å². The molecule has 3 rings (SSSR count). The lowest BCUT2D eigenvalue weighted by Gasteiger charge is -2.05. The minimum atomic E-state index is -0.594. The van der Waals surface area contributed by atoms with Crippen LogP contribution >= 0.6 is 11.3 Å². The molecule has 5 nitrogen and oxygen atoms in total. The Kier molecular flexibility index (Phi) is 5.27. The number of methoxy groups -OCH3 is 1. The van der Waals surface area contributed by atoms with Crippen LogP contribution in [-0.4, -0.2) is 23.2 Å². The Bertz CT molecular complexity index is 923. The summed E-state index contributed by atoms with van der Waals surface area (Å²) in [7, 11) is 1.37. The number of benzene rings is 2. The van der Waals surface area contributed by atoms with Crippen LogP contribution in [0.15, 0.2) is 42.5 Å². The summed E-state index contributed by atoms with van der Waals surface area (Å²) in [5, 5.41) is 11.8. The molecule has 1 heterocycles. The number of carbonyl (C=O) groups is 1. The Balaban J connectivity index is 1.73. The van der Waals surface area contributed by atoms with Crippen molar-refractivity contribution in [3.63, 3.8) is 0 Å². The van der Waals surface area contributed by atoms with Crippen LogP contribution in [-0.2, 0) is 0 Å². The molecule has 0 fully saturated rings. The largest absolute Gasteiger partial charge is 0.494 e. The molecule has 1 amide bonds. The van der Waals surface area contributed by atoms with Crippen molar-refractivity contribution in [3.8, 4) is 16.3 Å². The number of rotatable bonds is 5. The molecule has 0 spiro atoms. The zero-order valence-electron chi connectivity index (χ0n) is 14.6. The molecule has 134 valence electrons. The Morgan fingerprint density at radius 3 is 2.50 bits per heavy atom. The molecule has 0 unspecified atom stereocenters. The Morgan fingerprint density at radius 2 is 1.88 bits per heavy atom. The predicted octanol–water partition coefficient (Wildman–Crippen LogP) is 4.73. The molecule has 3 aromatic rings. The van der Waals surface area contributed by atoms with Gasteiger partial charge in [-0.25, -0.2) is 4.39 Å². The van der Waals surface area contributed by atoms with E-state index in [4.69, 9.17) is 4.74 Å². The van der Waals surface area contributed by atoms with E-state index in [0.717, 1.165) is 11.6 Å². The lowest BCUT2D eigenvalue weighted by Crippen LogP contribution is -2.12. The Labute approximate surface area is 154 Å². The first kappa shape index (κ1) is 18.0. The molecule has 0 aliphatic heterocycles. The van der Waals surface area contributed by atoms with Gasteiger partial charge in [-0.15, -0.1) is 10.2 Å². The van der Waals surface area contributed by atoms with Gasteiger partial charge in [0, 0.05) is 11.1 Å². The molecule has 0 bridgehead atoms. The number of aromatic nitrogens is 2. The number of ether oxygens (including phenoxy) is 1. The first-order chi connectivity index (χ1) is 12.5. The van der Waals surface area contributed by atoms with Gasteiger partial charge in [-0.1, -0.05) is 49.4 Å². The van der Waals surface area contributed by atoms with Gasteiger partial charge in [-0.05, 0) is 29.7 Å². The van der Waals surface area contributed by atoms with Crippen molar-refractivity contribution >= 4 is 22.4 Å². The van der Waals surface area contributed by atoms with Crippen LogP contribution in [0.3, 0.4) is 0 Å². The zero-order valence-corrected chi connectivity index (χ0v) is 15.4. The zero-order chi connectivity index (χ0) is 18.7. The second-order valence-electron chi connectivity index (χ2n) is 5.99. The van der Waals surface area contributed by atoms with E-state index >= 15 is 0 Å². The highest BCUT2D eigenvalue weighted by atomic mass is 32.1. The fraction of sp³-hybridized carbons (Fsp3) is 0.211. The molecule has 0 saturated carbocycles. The normalized spacial score (nSPS) is 10.8. The lowest BCUT2D eigenvalue weighted by molar-refractivity contribution is 0.102. The van der Waals surface area contributed by atoms with Crippen LogP contribution in [0.5, 0.6) is 5.75 Å². The van der Waals surface area contributed by atoms with Crippen molar-refractivity contribution < 1.29 is 13.9 Å². The van der Waals surface area contributed by atoms with Crippen molar-refractivity contribution in [3.05, 3.63) is 59.4 Å². The highest BCUT2D eigenvalue weighted by molar-refractivity contribution is 7.18. The van der Waals surface area contributed by atoms with Crippen molar-refractivity contribution in [2.45, 2.75) is 19.8 Å². The SMILES string of the molecule is COc1ccc(C(=O)Nc2nnc(-c3ccc(C(C)C)cc3)s2)cc1F. The quantitative estimate of drug-likeness (QED) is 0.704. The van der Waals surface area contributed by atoms with E-state index in [9.17, 15) is 9.18 Å². The summed E-state index contributed by atoms with van der Waals surface area (Å²) < 4.78 is 18.6. The standard InChI is InChI=1S/C19H18FN3O2S/c1-11(2)12-4-6-13(7-5-12)18-22-23-19(26-18)21-17(24)14-8-9-16(25-3)15(20)10-14/h4-11H,1-3H3,(H,21,23,24). The summed E-state index contributed by atoms with van der Waals surface area (Å²) in [5.41, 5.74) is 2.36. The molecular weight excluding hydrogens is 353 g/mol. The number of hydrogen-bond donors (Lipinski definition) is 1. The summed E-state index contributed by atoms with van der Waals surface area (Å²) in [6.45, 7) is 4.27. The number of carbonyl (C=O) groups excluding carboxylic acids is 1. The van der Waals surface area contributed by atoms with Gasteiger partial charge < -0.3 is 4.74 Å². The van der Waals surface area contributed by atoms with Crippen LogP contribution < -0.4 is 10.1 Å². The molecule has 0 atom stereocenters. The number of nitrogens with one attached hydrogen (secondary N) is 1. The van der Waals surface area contributed by atoms with Crippen molar-refractivity contribution in [1.82, 2.24) is 10.2 Å². The lowest BCUT2D eigenvalue weighted by atomic mass is 10.0. The highest BCUT2D eigenvalue weighted by Gasteiger charge is 2.14. The molecule has 7 heteroatoms. The van der Waals surface area contributed by atoms with E-state index in [1.165, 1.54) is 36.1 Å². The minimum absolute atomic E-state index is 0.0876. The third-order valence-corrected chi connectivity index (χ3v) is 4.77. The van der Waals surface area contributed by atoms with Crippen molar-refractivity contribution in [2.75, 3.05) is 12.4 Å². The van der Waals surface area contributed by atoms with Gasteiger partial charge in [0.2, 0.25) is 5.13 Å².